The lowest BCUT2D eigenvalue weighted by Crippen LogP contribution is -2.63. The average Bonchev–Trinajstić information content (AvgIpc) is 3.96. The van der Waals surface area contributed by atoms with Crippen LogP contribution in [-0.4, -0.2) is 116 Å². The second-order valence-corrected chi connectivity index (χ2v) is 22.7. The Morgan fingerprint density at radius 2 is 1.61 bits per heavy atom. The van der Waals surface area contributed by atoms with Crippen LogP contribution in [0.25, 0.3) is 0 Å². The molecule has 1 aromatic carbocycles. The molecular weight excluding hydrogens is 819 g/mol. The molecule has 17 heteroatoms. The van der Waals surface area contributed by atoms with E-state index in [4.69, 9.17) is 0 Å². The molecule has 15 nitrogen and oxygen atoms in total. The molecule has 1 saturated heterocycles. The predicted octanol–water partition coefficient (Wildman–Crippen LogP) is 4.02. The number of urea groups is 1. The molecule has 1 unspecified atom stereocenters. The number of hydrogen-bond donors (Lipinski definition) is 4. The van der Waals surface area contributed by atoms with Crippen LogP contribution in [0.3, 0.4) is 0 Å². The zero-order valence-electron chi connectivity index (χ0n) is 37.0. The molecule has 6 amide bonds. The fourth-order valence-electron chi connectivity index (χ4n) is 8.18. The van der Waals surface area contributed by atoms with E-state index in [0.29, 0.717) is 24.0 Å². The number of Topliss-reactive ketones (excluding diaryl/α,β-unsaturated/α-hetero) is 1. The zero-order valence-corrected chi connectivity index (χ0v) is 38.7. The van der Waals surface area contributed by atoms with Crippen molar-refractivity contribution in [3.8, 4) is 0 Å². The number of likely N-dealkylation sites (tertiary alicyclic amines) is 1. The molecule has 61 heavy (non-hydrogen) atoms. The molecule has 1 aromatic heterocycles. The summed E-state index contributed by atoms with van der Waals surface area (Å²) in [5, 5.41) is 12.9. The van der Waals surface area contributed by atoms with Crippen molar-refractivity contribution in [1.29, 1.82) is 0 Å². The smallest absolute Gasteiger partial charge is 0.315 e. The molecule has 2 aromatic rings. The molecule has 0 radical (unpaired) electrons. The van der Waals surface area contributed by atoms with Crippen LogP contribution in [0.1, 0.15) is 84.2 Å². The first-order valence-corrected chi connectivity index (χ1v) is 23.1. The Labute approximate surface area is 364 Å². The zero-order chi connectivity index (χ0) is 45.4. The van der Waals surface area contributed by atoms with E-state index in [1.165, 1.54) is 27.2 Å². The van der Waals surface area contributed by atoms with Crippen molar-refractivity contribution in [3.05, 3.63) is 65.6 Å². The van der Waals surface area contributed by atoms with Crippen molar-refractivity contribution in [2.75, 3.05) is 33.7 Å². The van der Waals surface area contributed by atoms with Crippen LogP contribution in [0.5, 0.6) is 0 Å². The Hall–Kier alpha value is -4.61. The maximum absolute atomic E-state index is 14.6. The summed E-state index contributed by atoms with van der Waals surface area (Å²) in [6.45, 7) is 19.2. The molecule has 6 atom stereocenters. The summed E-state index contributed by atoms with van der Waals surface area (Å²) in [7, 11) is -0.907. The largest absolute Gasteiger partial charge is 0.346 e. The van der Waals surface area contributed by atoms with Gasteiger partial charge in [0.15, 0.2) is 0 Å². The van der Waals surface area contributed by atoms with Gasteiger partial charge in [0, 0.05) is 51.9 Å². The van der Waals surface area contributed by atoms with Crippen LogP contribution >= 0.6 is 11.3 Å². The summed E-state index contributed by atoms with van der Waals surface area (Å²) < 4.78 is 29.0. The first-order valence-electron chi connectivity index (χ1n) is 20.8. The second-order valence-electron chi connectivity index (χ2n) is 19.5. The Bertz CT molecular complexity index is 2120. The lowest BCUT2D eigenvalue weighted by atomic mass is 9.85. The number of nitrogens with zero attached hydrogens (tertiary/aromatic N) is 3. The number of sulfonamides is 1. The second kappa shape index (κ2) is 18.0. The van der Waals surface area contributed by atoms with Crippen LogP contribution in [0.2, 0.25) is 0 Å². The van der Waals surface area contributed by atoms with Gasteiger partial charge in [-0.25, -0.2) is 13.2 Å². The van der Waals surface area contributed by atoms with Crippen molar-refractivity contribution in [1.82, 2.24) is 35.4 Å². The van der Waals surface area contributed by atoms with E-state index >= 15 is 0 Å². The highest BCUT2D eigenvalue weighted by Crippen LogP contribution is 2.65. The normalized spacial score (nSPS) is 21.0. The summed E-state index contributed by atoms with van der Waals surface area (Å²) in [6.07, 6.45) is 2.83. The van der Waals surface area contributed by atoms with Crippen molar-refractivity contribution >= 4 is 56.8 Å². The molecule has 2 aliphatic carbocycles. The summed E-state index contributed by atoms with van der Waals surface area (Å²) in [5.41, 5.74) is -0.504. The fraction of sp³-hybridized carbons (Fsp3) is 0.591. The third-order valence-electron chi connectivity index (χ3n) is 12.3. The van der Waals surface area contributed by atoms with Gasteiger partial charge in [0.1, 0.15) is 22.3 Å². The number of rotatable bonds is 17. The molecule has 3 fully saturated rings. The van der Waals surface area contributed by atoms with Crippen molar-refractivity contribution in [3.63, 3.8) is 0 Å². The molecule has 5 rings (SSSR count). The van der Waals surface area contributed by atoms with Gasteiger partial charge in [-0.05, 0) is 76.0 Å². The molecule has 2 heterocycles. The number of piperidine rings is 1. The van der Waals surface area contributed by atoms with Crippen LogP contribution in [0.4, 0.5) is 4.79 Å². The first-order chi connectivity index (χ1) is 28.3. The van der Waals surface area contributed by atoms with Gasteiger partial charge in [0.25, 0.3) is 21.8 Å². The number of fused-ring (bicyclic) bond motifs is 1. The van der Waals surface area contributed by atoms with E-state index < -0.39 is 74.6 Å². The fourth-order valence-corrected chi connectivity index (χ4v) is 10.8. The lowest BCUT2D eigenvalue weighted by Gasteiger charge is -2.39. The van der Waals surface area contributed by atoms with Gasteiger partial charge < -0.3 is 31.1 Å². The van der Waals surface area contributed by atoms with Gasteiger partial charge in [-0.3, -0.25) is 24.0 Å². The van der Waals surface area contributed by atoms with Gasteiger partial charge in [0.05, 0.1) is 0 Å². The number of carbonyl (C=O) groups is 6. The minimum Gasteiger partial charge on any atom is -0.346 e. The van der Waals surface area contributed by atoms with Gasteiger partial charge >= 0.3 is 6.03 Å². The number of carbonyl (C=O) groups excluding carboxylic acids is 6. The van der Waals surface area contributed by atoms with Crippen LogP contribution in [0.15, 0.2) is 58.6 Å². The Morgan fingerprint density at radius 1 is 0.967 bits per heavy atom. The summed E-state index contributed by atoms with van der Waals surface area (Å²) >= 11 is 1.05. The number of likely N-dealkylation sites (N-methyl/N-ethyl adjacent to an activating group) is 1. The highest BCUT2D eigenvalue weighted by Gasteiger charge is 2.70. The van der Waals surface area contributed by atoms with Crippen LogP contribution in [0, 0.1) is 34.0 Å². The number of amides is 6. The van der Waals surface area contributed by atoms with E-state index in [9.17, 15) is 37.2 Å². The molecule has 2 saturated carbocycles. The highest BCUT2D eigenvalue weighted by molar-refractivity contribution is 7.91. The van der Waals surface area contributed by atoms with Crippen LogP contribution in [-0.2, 0) is 35.7 Å². The average molecular weight is 882 g/mol. The number of ketones is 1. The summed E-state index contributed by atoms with van der Waals surface area (Å²) in [6, 6.07) is 5.95. The third-order valence-corrected chi connectivity index (χ3v) is 15.6. The van der Waals surface area contributed by atoms with E-state index in [1.54, 1.807) is 42.8 Å². The monoisotopic (exact) mass is 881 g/mol. The number of nitrogens with one attached hydrogen (secondary N) is 4. The molecule has 3 aliphatic rings. The Morgan fingerprint density at radius 3 is 2.18 bits per heavy atom. The maximum atomic E-state index is 14.6. The quantitative estimate of drug-likeness (QED) is 0.135. The van der Waals surface area contributed by atoms with E-state index in [-0.39, 0.29) is 59.5 Å². The minimum absolute atomic E-state index is 0.0208. The van der Waals surface area contributed by atoms with E-state index in [0.717, 1.165) is 11.3 Å². The Balaban J connectivity index is 1.27. The topological polar surface area (TPSA) is 194 Å². The number of thiophene rings is 1. The van der Waals surface area contributed by atoms with Gasteiger partial charge in [0.2, 0.25) is 17.6 Å². The van der Waals surface area contributed by atoms with E-state index in [1.807, 2.05) is 61.5 Å². The minimum atomic E-state index is -4.01. The van der Waals surface area contributed by atoms with Gasteiger partial charge in [-0.15, -0.1) is 17.9 Å². The standard InChI is InChI=1S/C44H63N7O8S2/c1-12-20-45-38(54)35(52)33(27-18-19-27)47-37(53)34-32-29(44(32,8)9)23-51(34)40(56)36(43(5,6)7)48-41(57)46-30(42(2,3)4)24-50(11)61(58,59)31-21-26(25-60-31)22-49(10)39(55)28-16-14-13-15-17-28/h12-17,21,25,27,29-30,32-34,36H,1,18-20,22-24H2,2-11H3,(H,45,54)(H,47,53)(H2,46,48,57)/t29-,30+,32-,33?,34-,36+/m0/s1. The number of benzene rings is 1. The van der Waals surface area contributed by atoms with Crippen molar-refractivity contribution in [2.45, 2.75) is 103 Å². The Kier molecular flexibility index (Phi) is 14.0. The molecule has 0 bridgehead atoms. The molecule has 0 spiro atoms. The molecule has 4 N–H and O–H groups in total. The predicted molar refractivity (Wildman–Crippen MR) is 234 cm³/mol. The third kappa shape index (κ3) is 10.7. The summed E-state index contributed by atoms with van der Waals surface area (Å²) in [4.78, 5) is 84.4. The summed E-state index contributed by atoms with van der Waals surface area (Å²) in [5.74, 6) is -3.04. The highest BCUT2D eigenvalue weighted by atomic mass is 32.2. The van der Waals surface area contributed by atoms with Gasteiger partial charge in [-0.1, -0.05) is 79.7 Å². The molecular formula is C44H63N7O8S2. The van der Waals surface area contributed by atoms with E-state index in [2.05, 4.69) is 27.8 Å². The first kappa shape index (κ1) is 47.4. The molecule has 334 valence electrons. The SMILES string of the molecule is C=CCNC(=O)C(=O)C(NC(=O)[C@@H]1[C@@H]2[C@H](CN1C(=O)[C@@H](NC(=O)N[C@H](CN(C)S(=O)(=O)c1cc(CN(C)C(=O)c3ccccc3)cs1)C(C)(C)C)C(C)(C)C)C2(C)C)C1CC1. The van der Waals surface area contributed by atoms with Crippen molar-refractivity contribution < 1.29 is 37.2 Å². The molecule has 1 aliphatic heterocycles. The lowest BCUT2D eigenvalue weighted by molar-refractivity contribution is -0.145. The van der Waals surface area contributed by atoms with Gasteiger partial charge in [-0.2, -0.15) is 4.31 Å². The maximum Gasteiger partial charge on any atom is 0.315 e. The van der Waals surface area contributed by atoms with Crippen molar-refractivity contribution in [2.24, 2.45) is 34.0 Å². The number of hydrogen-bond acceptors (Lipinski definition) is 9. The van der Waals surface area contributed by atoms with Crippen LogP contribution < -0.4 is 21.3 Å².